The molecular formula is C17H21N3O2. The fourth-order valence-corrected chi connectivity index (χ4v) is 3.01. The van der Waals surface area contributed by atoms with Gasteiger partial charge in [0.25, 0.3) is 5.56 Å². The third kappa shape index (κ3) is 2.90. The molecule has 5 nitrogen and oxygen atoms in total. The molecule has 0 radical (unpaired) electrons. The lowest BCUT2D eigenvalue weighted by molar-refractivity contribution is -0.130. The van der Waals surface area contributed by atoms with Crippen LogP contribution in [0.2, 0.25) is 0 Å². The van der Waals surface area contributed by atoms with E-state index in [0.717, 1.165) is 48.2 Å². The van der Waals surface area contributed by atoms with Crippen LogP contribution in [-0.2, 0) is 11.3 Å². The van der Waals surface area contributed by atoms with E-state index in [1.165, 1.54) is 0 Å². The molecule has 5 heteroatoms. The van der Waals surface area contributed by atoms with Crippen molar-refractivity contribution in [1.29, 1.82) is 0 Å². The Morgan fingerprint density at radius 1 is 1.23 bits per heavy atom. The van der Waals surface area contributed by atoms with E-state index >= 15 is 0 Å². The van der Waals surface area contributed by atoms with Crippen LogP contribution < -0.4 is 5.56 Å². The third-order valence-corrected chi connectivity index (χ3v) is 4.38. The van der Waals surface area contributed by atoms with Crippen molar-refractivity contribution in [2.75, 3.05) is 26.2 Å². The Morgan fingerprint density at radius 3 is 2.64 bits per heavy atom. The molecule has 1 saturated heterocycles. The van der Waals surface area contributed by atoms with Gasteiger partial charge in [0.05, 0.1) is 5.52 Å². The number of hydrogen-bond donors (Lipinski definition) is 1. The number of H-pyrrole nitrogens is 1. The first-order valence-electron chi connectivity index (χ1n) is 7.64. The van der Waals surface area contributed by atoms with Gasteiger partial charge >= 0.3 is 0 Å². The molecule has 2 aromatic rings. The Hall–Kier alpha value is -2.14. The second kappa shape index (κ2) is 5.93. The number of pyridine rings is 1. The quantitative estimate of drug-likeness (QED) is 0.914. The number of carbonyl (C=O) groups excluding carboxylic acids is 1. The number of nitrogens with one attached hydrogen (secondary N) is 1. The number of aromatic nitrogens is 1. The molecule has 0 bridgehead atoms. The lowest BCUT2D eigenvalue weighted by Crippen LogP contribution is -2.48. The van der Waals surface area contributed by atoms with Crippen molar-refractivity contribution < 1.29 is 4.79 Å². The van der Waals surface area contributed by atoms with Gasteiger partial charge in [0, 0.05) is 45.2 Å². The van der Waals surface area contributed by atoms with E-state index in [0.29, 0.717) is 6.54 Å². The topological polar surface area (TPSA) is 56.4 Å². The van der Waals surface area contributed by atoms with Crippen molar-refractivity contribution in [3.63, 3.8) is 0 Å². The van der Waals surface area contributed by atoms with Gasteiger partial charge in [-0.15, -0.1) is 0 Å². The molecule has 0 saturated carbocycles. The summed E-state index contributed by atoms with van der Waals surface area (Å²) in [6.45, 7) is 7.32. The first-order valence-corrected chi connectivity index (χ1v) is 7.64. The van der Waals surface area contributed by atoms with Gasteiger partial charge in [-0.2, -0.15) is 0 Å². The number of piperazine rings is 1. The minimum absolute atomic E-state index is 0.0178. The largest absolute Gasteiger partial charge is 0.340 e. The lowest BCUT2D eigenvalue weighted by atomic mass is 10.1. The molecule has 1 amide bonds. The van der Waals surface area contributed by atoms with Crippen molar-refractivity contribution in [3.05, 3.63) is 45.7 Å². The highest BCUT2D eigenvalue weighted by Gasteiger charge is 2.19. The van der Waals surface area contributed by atoms with E-state index in [1.807, 2.05) is 36.1 Å². The molecule has 2 heterocycles. The fourth-order valence-electron chi connectivity index (χ4n) is 3.01. The highest BCUT2D eigenvalue weighted by Crippen LogP contribution is 2.16. The maximum absolute atomic E-state index is 12.3. The second-order valence-corrected chi connectivity index (χ2v) is 5.95. The van der Waals surface area contributed by atoms with Crippen molar-refractivity contribution in [3.8, 4) is 0 Å². The summed E-state index contributed by atoms with van der Waals surface area (Å²) in [4.78, 5) is 30.7. The van der Waals surface area contributed by atoms with E-state index in [4.69, 9.17) is 0 Å². The molecule has 1 aliphatic heterocycles. The number of carbonyl (C=O) groups is 1. The molecule has 1 aromatic heterocycles. The minimum Gasteiger partial charge on any atom is -0.340 e. The predicted octanol–water partition coefficient (Wildman–Crippen LogP) is 1.50. The average molecular weight is 299 g/mol. The van der Waals surface area contributed by atoms with Crippen molar-refractivity contribution in [2.45, 2.75) is 20.4 Å². The first kappa shape index (κ1) is 14.8. The van der Waals surface area contributed by atoms with Gasteiger partial charge in [-0.1, -0.05) is 18.2 Å². The van der Waals surface area contributed by atoms with E-state index in [9.17, 15) is 9.59 Å². The molecule has 0 unspecified atom stereocenters. The summed E-state index contributed by atoms with van der Waals surface area (Å²) in [7, 11) is 0. The van der Waals surface area contributed by atoms with Crippen LogP contribution in [0.3, 0.4) is 0 Å². The number of amides is 1. The summed E-state index contributed by atoms with van der Waals surface area (Å²) in [5, 5.41) is 1.07. The summed E-state index contributed by atoms with van der Waals surface area (Å²) in [5.74, 6) is 0.124. The van der Waals surface area contributed by atoms with Crippen LogP contribution in [0.15, 0.2) is 29.1 Å². The SMILES string of the molecule is CC(=O)N1CCN(Cc2cc3cccc(C)c3[nH]c2=O)CC1. The summed E-state index contributed by atoms with van der Waals surface area (Å²) in [5.41, 5.74) is 2.76. The summed E-state index contributed by atoms with van der Waals surface area (Å²) in [6.07, 6.45) is 0. The maximum Gasteiger partial charge on any atom is 0.252 e. The van der Waals surface area contributed by atoms with Crippen LogP contribution in [-0.4, -0.2) is 46.9 Å². The molecular weight excluding hydrogens is 278 g/mol. The molecule has 1 aromatic carbocycles. The number of aromatic amines is 1. The molecule has 1 fully saturated rings. The normalized spacial score (nSPS) is 16.2. The van der Waals surface area contributed by atoms with E-state index in [2.05, 4.69) is 9.88 Å². The molecule has 0 atom stereocenters. The highest BCUT2D eigenvalue weighted by molar-refractivity contribution is 5.81. The van der Waals surface area contributed by atoms with Crippen LogP contribution in [0, 0.1) is 6.92 Å². The average Bonchev–Trinajstić information content (AvgIpc) is 2.50. The number of hydrogen-bond acceptors (Lipinski definition) is 3. The van der Waals surface area contributed by atoms with Gasteiger partial charge < -0.3 is 9.88 Å². The Bertz CT molecular complexity index is 758. The van der Waals surface area contributed by atoms with E-state index in [-0.39, 0.29) is 11.5 Å². The standard InChI is InChI=1S/C17H21N3O2/c1-12-4-3-5-14-10-15(17(22)18-16(12)14)11-19-6-8-20(9-7-19)13(2)21/h3-5,10H,6-9,11H2,1-2H3,(H,18,22). The van der Waals surface area contributed by atoms with E-state index in [1.54, 1.807) is 6.92 Å². The molecule has 3 rings (SSSR count). The Morgan fingerprint density at radius 2 is 1.95 bits per heavy atom. The number of para-hydroxylation sites is 1. The summed E-state index contributed by atoms with van der Waals surface area (Å²) < 4.78 is 0. The molecule has 22 heavy (non-hydrogen) atoms. The molecule has 0 spiro atoms. The maximum atomic E-state index is 12.3. The Labute approximate surface area is 129 Å². The molecule has 0 aliphatic carbocycles. The monoisotopic (exact) mass is 299 g/mol. The second-order valence-electron chi connectivity index (χ2n) is 5.95. The molecule has 1 N–H and O–H groups in total. The first-order chi connectivity index (χ1) is 10.5. The third-order valence-electron chi connectivity index (χ3n) is 4.38. The van der Waals surface area contributed by atoms with Crippen molar-refractivity contribution in [2.24, 2.45) is 0 Å². The van der Waals surface area contributed by atoms with Gasteiger partial charge in [-0.25, -0.2) is 0 Å². The number of rotatable bonds is 2. The van der Waals surface area contributed by atoms with Crippen LogP contribution in [0.25, 0.3) is 10.9 Å². The fraction of sp³-hybridized carbons (Fsp3) is 0.412. The van der Waals surface area contributed by atoms with E-state index < -0.39 is 0 Å². The zero-order chi connectivity index (χ0) is 15.7. The number of fused-ring (bicyclic) bond motifs is 1. The van der Waals surface area contributed by atoms with Gasteiger partial charge in [0.15, 0.2) is 0 Å². The predicted molar refractivity (Wildman–Crippen MR) is 86.8 cm³/mol. The summed E-state index contributed by atoms with van der Waals surface area (Å²) in [6, 6.07) is 8.01. The van der Waals surface area contributed by atoms with Gasteiger partial charge in [0.2, 0.25) is 5.91 Å². The summed E-state index contributed by atoms with van der Waals surface area (Å²) >= 11 is 0. The Balaban J connectivity index is 1.79. The number of nitrogens with zero attached hydrogens (tertiary/aromatic N) is 2. The smallest absolute Gasteiger partial charge is 0.252 e. The van der Waals surface area contributed by atoms with Crippen LogP contribution >= 0.6 is 0 Å². The molecule has 1 aliphatic rings. The van der Waals surface area contributed by atoms with Crippen molar-refractivity contribution >= 4 is 16.8 Å². The molecule has 116 valence electrons. The lowest BCUT2D eigenvalue weighted by Gasteiger charge is -2.34. The van der Waals surface area contributed by atoms with Crippen molar-refractivity contribution in [1.82, 2.24) is 14.8 Å². The van der Waals surface area contributed by atoms with Gasteiger partial charge in [-0.3, -0.25) is 14.5 Å². The van der Waals surface area contributed by atoms with Gasteiger partial charge in [-0.05, 0) is 23.9 Å². The number of benzene rings is 1. The van der Waals surface area contributed by atoms with Crippen LogP contribution in [0.4, 0.5) is 0 Å². The number of aryl methyl sites for hydroxylation is 1. The van der Waals surface area contributed by atoms with Crippen LogP contribution in [0.1, 0.15) is 18.1 Å². The van der Waals surface area contributed by atoms with Crippen LogP contribution in [0.5, 0.6) is 0 Å². The highest BCUT2D eigenvalue weighted by atomic mass is 16.2. The zero-order valence-electron chi connectivity index (χ0n) is 13.1. The Kier molecular flexibility index (Phi) is 3.98. The zero-order valence-corrected chi connectivity index (χ0v) is 13.1. The van der Waals surface area contributed by atoms with Gasteiger partial charge in [0.1, 0.15) is 0 Å². The minimum atomic E-state index is -0.0178.